The molecule has 1 heterocycles. The van der Waals surface area contributed by atoms with E-state index >= 15 is 0 Å². The Balaban J connectivity index is 1.82. The van der Waals surface area contributed by atoms with E-state index in [1.165, 1.54) is 61.6 Å². The summed E-state index contributed by atoms with van der Waals surface area (Å²) in [5.74, 6) is -1.27. The molecule has 1 N–H and O–H groups in total. The van der Waals surface area contributed by atoms with Gasteiger partial charge in [0.25, 0.3) is 5.91 Å². The van der Waals surface area contributed by atoms with Gasteiger partial charge >= 0.3 is 5.97 Å². The van der Waals surface area contributed by atoms with Crippen molar-refractivity contribution in [2.45, 2.75) is 17.5 Å². The number of hydrogen-bond acceptors (Lipinski definition) is 6. The van der Waals surface area contributed by atoms with Gasteiger partial charge in [0.05, 0.1) is 31.2 Å². The summed E-state index contributed by atoms with van der Waals surface area (Å²) < 4.78 is 38.6. The number of carbonyl (C=O) groups is 2. The van der Waals surface area contributed by atoms with E-state index in [0.717, 1.165) is 4.31 Å². The van der Waals surface area contributed by atoms with Crippen molar-refractivity contribution >= 4 is 39.2 Å². The molecule has 0 saturated heterocycles. The van der Waals surface area contributed by atoms with E-state index in [9.17, 15) is 23.1 Å². The second-order valence-electron chi connectivity index (χ2n) is 7.97. The number of anilines is 1. The monoisotopic (exact) mass is 530 g/mol. The zero-order valence-corrected chi connectivity index (χ0v) is 21.0. The van der Waals surface area contributed by atoms with Crippen molar-refractivity contribution in [1.82, 2.24) is 4.31 Å². The van der Waals surface area contributed by atoms with Crippen molar-refractivity contribution in [3.63, 3.8) is 0 Å². The molecule has 0 saturated carbocycles. The number of carbonyl (C=O) groups excluding carboxylic acids is 1. The normalized spacial score (nSPS) is 16.1. The lowest BCUT2D eigenvalue weighted by molar-refractivity contribution is -0.141. The Kier molecular flexibility index (Phi) is 7.21. The number of methoxy groups -OCH3 is 2. The second kappa shape index (κ2) is 10.2. The van der Waals surface area contributed by atoms with Crippen molar-refractivity contribution < 1.29 is 32.6 Å². The van der Waals surface area contributed by atoms with Crippen LogP contribution in [0.2, 0.25) is 5.02 Å². The number of halogens is 1. The molecule has 0 bridgehead atoms. The highest BCUT2D eigenvalue weighted by Crippen LogP contribution is 2.34. The SMILES string of the molecule is COc1ccc(S(=O)(=O)N2Cc3ccccc3N(C(=O)c3ccc(Cl)cc3OC)CC2C(=O)O)cc1. The van der Waals surface area contributed by atoms with Crippen molar-refractivity contribution in [3.05, 3.63) is 82.9 Å². The summed E-state index contributed by atoms with van der Waals surface area (Å²) in [6.07, 6.45) is 0. The number of nitrogens with zero attached hydrogens (tertiary/aromatic N) is 2. The summed E-state index contributed by atoms with van der Waals surface area (Å²) in [5, 5.41) is 10.5. The summed E-state index contributed by atoms with van der Waals surface area (Å²) in [6, 6.07) is 15.3. The van der Waals surface area contributed by atoms with Crippen molar-refractivity contribution in [3.8, 4) is 11.5 Å². The van der Waals surface area contributed by atoms with Crippen LogP contribution in [0, 0.1) is 0 Å². The minimum Gasteiger partial charge on any atom is -0.497 e. The maximum atomic E-state index is 13.7. The summed E-state index contributed by atoms with van der Waals surface area (Å²) in [4.78, 5) is 27.3. The van der Waals surface area contributed by atoms with Crippen LogP contribution in [0.15, 0.2) is 71.6 Å². The molecule has 0 aliphatic carbocycles. The molecule has 11 heteroatoms. The van der Waals surface area contributed by atoms with Gasteiger partial charge in [-0.15, -0.1) is 0 Å². The van der Waals surface area contributed by atoms with Crippen LogP contribution in [0.3, 0.4) is 0 Å². The molecule has 1 atom stereocenters. The van der Waals surface area contributed by atoms with E-state index in [1.54, 1.807) is 24.3 Å². The van der Waals surface area contributed by atoms with Gasteiger partial charge in [0, 0.05) is 17.3 Å². The maximum Gasteiger partial charge on any atom is 0.323 e. The van der Waals surface area contributed by atoms with Crippen LogP contribution in [0.1, 0.15) is 15.9 Å². The highest BCUT2D eigenvalue weighted by molar-refractivity contribution is 7.89. The first-order valence-electron chi connectivity index (χ1n) is 10.8. The smallest absolute Gasteiger partial charge is 0.323 e. The molecule has 0 fully saturated rings. The number of para-hydroxylation sites is 1. The van der Waals surface area contributed by atoms with Gasteiger partial charge in [0.2, 0.25) is 10.0 Å². The van der Waals surface area contributed by atoms with E-state index in [-0.39, 0.29) is 22.8 Å². The predicted octanol–water partition coefficient (Wildman–Crippen LogP) is 3.66. The van der Waals surface area contributed by atoms with Crippen molar-refractivity contribution in [2.75, 3.05) is 25.7 Å². The lowest BCUT2D eigenvalue weighted by Gasteiger charge is -2.28. The molecule has 3 aromatic carbocycles. The van der Waals surface area contributed by atoms with Gasteiger partial charge in [-0.3, -0.25) is 9.59 Å². The Morgan fingerprint density at radius 2 is 1.69 bits per heavy atom. The lowest BCUT2D eigenvalue weighted by Crippen LogP contribution is -2.50. The van der Waals surface area contributed by atoms with Gasteiger partial charge in [-0.05, 0) is 54.1 Å². The molecule has 188 valence electrons. The fourth-order valence-electron chi connectivity index (χ4n) is 4.06. The Bertz CT molecular complexity index is 1410. The maximum absolute atomic E-state index is 13.7. The minimum atomic E-state index is -4.26. The van der Waals surface area contributed by atoms with Crippen LogP contribution in [0.25, 0.3) is 0 Å². The van der Waals surface area contributed by atoms with Crippen LogP contribution in [-0.4, -0.2) is 56.5 Å². The topological polar surface area (TPSA) is 113 Å². The number of carboxylic acid groups (broad SMARTS) is 1. The fraction of sp³-hybridized carbons (Fsp3) is 0.200. The molecule has 0 aromatic heterocycles. The minimum absolute atomic E-state index is 0.0915. The number of aliphatic carboxylic acids is 1. The first-order valence-corrected chi connectivity index (χ1v) is 12.6. The molecule has 0 spiro atoms. The van der Waals surface area contributed by atoms with Gasteiger partial charge in [0.15, 0.2) is 0 Å². The first kappa shape index (κ1) is 25.5. The van der Waals surface area contributed by atoms with Crippen molar-refractivity contribution in [2.24, 2.45) is 0 Å². The molecule has 4 rings (SSSR count). The molecule has 1 aliphatic rings. The van der Waals surface area contributed by atoms with Gasteiger partial charge in [-0.2, -0.15) is 4.31 Å². The summed E-state index contributed by atoms with van der Waals surface area (Å²) in [6.45, 7) is -0.671. The van der Waals surface area contributed by atoms with Crippen molar-refractivity contribution in [1.29, 1.82) is 0 Å². The average Bonchev–Trinajstić information content (AvgIpc) is 3.06. The number of fused-ring (bicyclic) bond motifs is 1. The molecule has 1 unspecified atom stereocenters. The van der Waals surface area contributed by atoms with E-state index in [2.05, 4.69) is 0 Å². The van der Waals surface area contributed by atoms with E-state index < -0.39 is 34.5 Å². The van der Waals surface area contributed by atoms with E-state index in [0.29, 0.717) is 22.0 Å². The Morgan fingerprint density at radius 3 is 2.33 bits per heavy atom. The van der Waals surface area contributed by atoms with Crippen LogP contribution >= 0.6 is 11.6 Å². The predicted molar refractivity (Wildman–Crippen MR) is 133 cm³/mol. The highest BCUT2D eigenvalue weighted by Gasteiger charge is 2.42. The number of amides is 1. The number of ether oxygens (including phenoxy) is 2. The number of rotatable bonds is 6. The molecule has 3 aromatic rings. The van der Waals surface area contributed by atoms with Crippen LogP contribution in [0.5, 0.6) is 11.5 Å². The quantitative estimate of drug-likeness (QED) is 0.517. The van der Waals surface area contributed by atoms with E-state index in [1.807, 2.05) is 0 Å². The number of carboxylic acids is 1. The first-order chi connectivity index (χ1) is 17.2. The lowest BCUT2D eigenvalue weighted by atomic mass is 10.1. The molecule has 1 aliphatic heterocycles. The third-order valence-electron chi connectivity index (χ3n) is 5.90. The summed E-state index contributed by atoms with van der Waals surface area (Å²) in [5.41, 5.74) is 1.03. The van der Waals surface area contributed by atoms with Crippen LogP contribution in [0.4, 0.5) is 5.69 Å². The zero-order chi connectivity index (χ0) is 26.0. The summed E-state index contributed by atoms with van der Waals surface area (Å²) in [7, 11) is -1.42. The fourth-order valence-corrected chi connectivity index (χ4v) is 5.78. The summed E-state index contributed by atoms with van der Waals surface area (Å²) >= 11 is 6.04. The molecular weight excluding hydrogens is 508 g/mol. The molecule has 9 nitrogen and oxygen atoms in total. The number of hydrogen-bond donors (Lipinski definition) is 1. The van der Waals surface area contributed by atoms with Gasteiger partial charge in [0.1, 0.15) is 17.5 Å². The largest absolute Gasteiger partial charge is 0.497 e. The van der Waals surface area contributed by atoms with Crippen LogP contribution in [-0.2, 0) is 21.4 Å². The molecular formula is C25H23ClN2O7S. The van der Waals surface area contributed by atoms with Gasteiger partial charge in [-0.25, -0.2) is 8.42 Å². The van der Waals surface area contributed by atoms with Gasteiger partial charge in [-0.1, -0.05) is 29.8 Å². The number of benzene rings is 3. The average molecular weight is 531 g/mol. The van der Waals surface area contributed by atoms with E-state index in [4.69, 9.17) is 21.1 Å². The standard InChI is InChI=1S/C25H23ClN2O7S/c1-34-18-8-10-19(11-9-18)36(32,33)28-14-16-5-3-4-6-21(16)27(15-22(28)25(30)31)24(29)20-12-7-17(26)13-23(20)35-2/h3-13,22H,14-15H2,1-2H3,(H,30,31). The number of sulfonamides is 1. The van der Waals surface area contributed by atoms with Gasteiger partial charge < -0.3 is 19.5 Å². The molecule has 36 heavy (non-hydrogen) atoms. The van der Waals surface area contributed by atoms with Crippen LogP contribution < -0.4 is 14.4 Å². The highest BCUT2D eigenvalue weighted by atomic mass is 35.5. The third kappa shape index (κ3) is 4.75. The second-order valence-corrected chi connectivity index (χ2v) is 10.3. The molecule has 0 radical (unpaired) electrons. The third-order valence-corrected chi connectivity index (χ3v) is 8.01. The molecule has 1 amide bonds. The Labute approximate surface area is 213 Å². The Hall–Kier alpha value is -3.60. The zero-order valence-electron chi connectivity index (χ0n) is 19.4. The Morgan fingerprint density at radius 1 is 1.00 bits per heavy atom.